The van der Waals surface area contributed by atoms with Gasteiger partial charge < -0.3 is 10.2 Å². The first-order valence-electron chi connectivity index (χ1n) is 11.4. The fraction of sp³-hybridized carbons (Fsp3) is 0.625. The number of amides is 1. The molecule has 0 saturated heterocycles. The van der Waals surface area contributed by atoms with E-state index in [0.717, 1.165) is 25.9 Å². The first-order valence-corrected chi connectivity index (χ1v) is 11.4. The molecular formula is C24H38N3O2+. The minimum Gasteiger partial charge on any atom is -0.384 e. The summed E-state index contributed by atoms with van der Waals surface area (Å²) in [5.74, 6) is 0.564. The summed E-state index contributed by atoms with van der Waals surface area (Å²) in [7, 11) is 2.24. The zero-order valence-corrected chi connectivity index (χ0v) is 18.9. The van der Waals surface area contributed by atoms with Gasteiger partial charge in [-0.05, 0) is 37.5 Å². The molecule has 2 heterocycles. The van der Waals surface area contributed by atoms with Crippen LogP contribution in [-0.2, 0) is 9.63 Å². The van der Waals surface area contributed by atoms with E-state index in [-0.39, 0.29) is 17.9 Å². The Balaban J connectivity index is 0.00000117. The van der Waals surface area contributed by atoms with Crippen LogP contribution in [0.1, 0.15) is 64.5 Å². The van der Waals surface area contributed by atoms with Crippen LogP contribution in [0.3, 0.4) is 0 Å². The normalized spacial score (nSPS) is 26.5. The quantitative estimate of drug-likeness (QED) is 0.747. The second-order valence-corrected chi connectivity index (χ2v) is 8.50. The van der Waals surface area contributed by atoms with Crippen molar-refractivity contribution in [2.24, 2.45) is 5.92 Å². The molecule has 0 fully saturated rings. The zero-order chi connectivity index (χ0) is 21.1. The lowest BCUT2D eigenvalue weighted by atomic mass is 9.74. The number of hydrogen-bond donors (Lipinski definition) is 2. The number of hydroxylamine groups is 2. The van der Waals surface area contributed by atoms with Crippen molar-refractivity contribution in [3.8, 4) is 0 Å². The van der Waals surface area contributed by atoms with Crippen molar-refractivity contribution in [3.05, 3.63) is 35.4 Å². The number of carbonyl (C=O) groups excluding carboxylic acids is 1. The van der Waals surface area contributed by atoms with Crippen molar-refractivity contribution in [1.82, 2.24) is 5.06 Å². The van der Waals surface area contributed by atoms with E-state index < -0.39 is 0 Å². The second kappa shape index (κ2) is 9.31. The fourth-order valence-electron chi connectivity index (χ4n) is 4.96. The Morgan fingerprint density at radius 3 is 2.79 bits per heavy atom. The van der Waals surface area contributed by atoms with Crippen LogP contribution in [0.2, 0.25) is 0 Å². The third kappa shape index (κ3) is 4.08. The molecule has 5 heteroatoms. The van der Waals surface area contributed by atoms with Crippen molar-refractivity contribution in [2.75, 3.05) is 32.1 Å². The molecule has 0 saturated carbocycles. The highest BCUT2D eigenvalue weighted by atomic mass is 16.7. The first kappa shape index (κ1) is 21.8. The zero-order valence-electron chi connectivity index (χ0n) is 18.9. The number of benzene rings is 1. The van der Waals surface area contributed by atoms with Crippen molar-refractivity contribution >= 4 is 17.2 Å². The number of rotatable bonds is 5. The lowest BCUT2D eigenvalue weighted by molar-refractivity contribution is -0.900. The van der Waals surface area contributed by atoms with Gasteiger partial charge in [0.25, 0.3) is 5.91 Å². The van der Waals surface area contributed by atoms with Gasteiger partial charge in [-0.3, -0.25) is 9.63 Å². The maximum Gasteiger partial charge on any atom is 0.259 e. The molecule has 5 nitrogen and oxygen atoms in total. The van der Waals surface area contributed by atoms with Gasteiger partial charge in [0, 0.05) is 30.1 Å². The summed E-state index contributed by atoms with van der Waals surface area (Å²) in [6, 6.07) is 7.08. The number of anilines is 1. The largest absolute Gasteiger partial charge is 0.384 e. The molecule has 2 aliphatic heterocycles. The lowest BCUT2D eigenvalue weighted by Crippen LogP contribution is -3.14. The lowest BCUT2D eigenvalue weighted by Gasteiger charge is -2.40. The van der Waals surface area contributed by atoms with E-state index in [4.69, 9.17) is 4.84 Å². The van der Waals surface area contributed by atoms with Crippen LogP contribution in [-0.4, -0.2) is 49.8 Å². The molecule has 29 heavy (non-hydrogen) atoms. The Morgan fingerprint density at radius 2 is 2.10 bits per heavy atom. The Labute approximate surface area is 176 Å². The summed E-state index contributed by atoms with van der Waals surface area (Å²) < 4.78 is 0. The van der Waals surface area contributed by atoms with Gasteiger partial charge in [0.1, 0.15) is 12.0 Å². The van der Waals surface area contributed by atoms with Gasteiger partial charge in [-0.15, -0.1) is 0 Å². The highest BCUT2D eigenvalue weighted by Crippen LogP contribution is 2.45. The van der Waals surface area contributed by atoms with E-state index in [1.54, 1.807) is 5.06 Å². The molecule has 0 spiro atoms. The van der Waals surface area contributed by atoms with Gasteiger partial charge in [0.05, 0.1) is 26.2 Å². The SMILES string of the molecule is CC.CCCON(C(=O)[C@@H]1C=C2c3cccc4c3C(CN4)C[C@H]2[NH+](C)C1)C(C)C. The number of nitrogens with zero attached hydrogens (tertiary/aromatic N) is 1. The van der Waals surface area contributed by atoms with Crippen molar-refractivity contribution in [1.29, 1.82) is 0 Å². The van der Waals surface area contributed by atoms with Crippen LogP contribution in [0.25, 0.3) is 5.57 Å². The molecular weight excluding hydrogens is 362 g/mol. The topological polar surface area (TPSA) is 46.0 Å². The van der Waals surface area contributed by atoms with Gasteiger partial charge >= 0.3 is 0 Å². The van der Waals surface area contributed by atoms with Crippen LogP contribution in [0, 0.1) is 5.92 Å². The molecule has 3 aliphatic rings. The van der Waals surface area contributed by atoms with Crippen molar-refractivity contribution in [3.63, 3.8) is 0 Å². The summed E-state index contributed by atoms with van der Waals surface area (Å²) >= 11 is 0. The van der Waals surface area contributed by atoms with Crippen LogP contribution in [0.15, 0.2) is 24.3 Å². The molecule has 1 aromatic carbocycles. The van der Waals surface area contributed by atoms with Crippen LogP contribution in [0.5, 0.6) is 0 Å². The maximum atomic E-state index is 13.3. The number of fused-ring (bicyclic) bond motifs is 2. The van der Waals surface area contributed by atoms with Crippen LogP contribution in [0.4, 0.5) is 5.69 Å². The van der Waals surface area contributed by atoms with Crippen LogP contribution < -0.4 is 10.2 Å². The molecule has 4 atom stereocenters. The minimum atomic E-state index is -0.128. The number of quaternary nitrogens is 1. The summed E-state index contributed by atoms with van der Waals surface area (Å²) in [6.07, 6.45) is 4.31. The second-order valence-electron chi connectivity index (χ2n) is 8.50. The summed E-state index contributed by atoms with van der Waals surface area (Å²) in [4.78, 5) is 20.5. The maximum absolute atomic E-state index is 13.3. The van der Waals surface area contributed by atoms with E-state index in [1.807, 2.05) is 27.7 Å². The number of likely N-dealkylation sites (N-methyl/N-ethyl adjacent to an activating group) is 1. The van der Waals surface area contributed by atoms with Crippen LogP contribution >= 0.6 is 0 Å². The standard InChI is InChI=1S/C22H31N3O2.C2H6/c1-5-9-27-25(14(2)3)22(26)16-10-18-17-7-6-8-19-21(17)15(12-23-19)11-20(18)24(4)13-16;1-2/h6-8,10,14-16,20,23H,5,9,11-13H2,1-4H3;1-2H3/p+1/t15?,16-,20-;/m1./s1. The van der Waals surface area contributed by atoms with Gasteiger partial charge in [-0.1, -0.05) is 39.0 Å². The molecule has 0 radical (unpaired) electrons. The van der Waals surface area contributed by atoms with E-state index in [2.05, 4.69) is 43.6 Å². The molecule has 0 bridgehead atoms. The molecule has 0 aromatic heterocycles. The summed E-state index contributed by atoms with van der Waals surface area (Å²) in [5, 5.41) is 5.16. The molecule has 160 valence electrons. The monoisotopic (exact) mass is 400 g/mol. The van der Waals surface area contributed by atoms with Gasteiger partial charge in [-0.25, -0.2) is 5.06 Å². The first-order chi connectivity index (χ1) is 14.0. The number of nitrogens with one attached hydrogen (secondary N) is 2. The predicted octanol–water partition coefficient (Wildman–Crippen LogP) is 3.10. The average Bonchev–Trinajstić information content (AvgIpc) is 3.14. The Bertz CT molecular complexity index is 758. The summed E-state index contributed by atoms with van der Waals surface area (Å²) in [6.45, 7) is 12.6. The average molecular weight is 401 g/mol. The third-order valence-corrected chi connectivity index (χ3v) is 6.22. The van der Waals surface area contributed by atoms with Gasteiger partial charge in [0.2, 0.25) is 0 Å². The Kier molecular flexibility index (Phi) is 7.01. The Hall–Kier alpha value is -1.85. The van der Waals surface area contributed by atoms with E-state index in [1.165, 1.54) is 27.3 Å². The highest BCUT2D eigenvalue weighted by molar-refractivity contribution is 5.86. The molecule has 4 rings (SSSR count). The fourth-order valence-corrected chi connectivity index (χ4v) is 4.96. The minimum absolute atomic E-state index is 0.0430. The predicted molar refractivity (Wildman–Crippen MR) is 119 cm³/mol. The number of hydrogen-bond acceptors (Lipinski definition) is 3. The molecule has 1 amide bonds. The van der Waals surface area contributed by atoms with E-state index in [0.29, 0.717) is 18.6 Å². The van der Waals surface area contributed by atoms with Gasteiger partial charge in [-0.2, -0.15) is 0 Å². The number of carbonyl (C=O) groups is 1. The molecule has 2 unspecified atom stereocenters. The third-order valence-electron chi connectivity index (χ3n) is 6.22. The highest BCUT2D eigenvalue weighted by Gasteiger charge is 2.44. The van der Waals surface area contributed by atoms with Crippen molar-refractivity contribution in [2.45, 2.75) is 65.5 Å². The van der Waals surface area contributed by atoms with Crippen molar-refractivity contribution < 1.29 is 14.5 Å². The molecule has 1 aromatic rings. The molecule has 2 N–H and O–H groups in total. The Morgan fingerprint density at radius 1 is 1.34 bits per heavy atom. The smallest absolute Gasteiger partial charge is 0.259 e. The molecule has 1 aliphatic carbocycles. The summed E-state index contributed by atoms with van der Waals surface area (Å²) in [5.41, 5.74) is 5.44. The van der Waals surface area contributed by atoms with E-state index in [9.17, 15) is 4.79 Å². The van der Waals surface area contributed by atoms with E-state index >= 15 is 0 Å². The van der Waals surface area contributed by atoms with Gasteiger partial charge in [0.15, 0.2) is 0 Å².